The molecule has 0 aromatic carbocycles. The molecule has 0 unspecified atom stereocenters. The van der Waals surface area contributed by atoms with Gasteiger partial charge in [-0.3, -0.25) is 5.43 Å². The summed E-state index contributed by atoms with van der Waals surface area (Å²) >= 11 is 1.56. The van der Waals surface area contributed by atoms with Gasteiger partial charge in [0.05, 0.1) is 0 Å². The molecular weight excluding hydrogens is 268 g/mol. The molecule has 19 heavy (non-hydrogen) atoms. The van der Waals surface area contributed by atoms with Crippen LogP contribution in [0.1, 0.15) is 6.42 Å². The summed E-state index contributed by atoms with van der Waals surface area (Å²) in [5.74, 6) is -0.297. The largest absolute Gasteiger partial charge is 0.480 e. The maximum atomic E-state index is 11.7. The Kier molecular flexibility index (Phi) is 6.96. The van der Waals surface area contributed by atoms with Crippen molar-refractivity contribution in [3.05, 3.63) is 0 Å². The van der Waals surface area contributed by atoms with Crippen molar-refractivity contribution in [2.75, 3.05) is 45.2 Å². The van der Waals surface area contributed by atoms with E-state index in [2.05, 4.69) is 15.6 Å². The smallest absolute Gasteiger partial charge is 0.330 e. The molecule has 0 radical (unpaired) electrons. The van der Waals surface area contributed by atoms with Crippen molar-refractivity contribution in [1.82, 2.24) is 20.7 Å². The van der Waals surface area contributed by atoms with E-state index in [0.29, 0.717) is 12.2 Å². The number of carboxylic acid groups (broad SMARTS) is 1. The summed E-state index contributed by atoms with van der Waals surface area (Å²) in [6.07, 6.45) is 2.33. The van der Waals surface area contributed by atoms with Gasteiger partial charge >= 0.3 is 12.0 Å². The summed E-state index contributed by atoms with van der Waals surface area (Å²) in [7, 11) is 2.03. The SMILES string of the molecule is CSCC[C@@H](NC(=O)NN1CCN(C)CC1)C(=O)O. The fourth-order valence-corrected chi connectivity index (χ4v) is 2.22. The lowest BCUT2D eigenvalue weighted by Crippen LogP contribution is -2.56. The Balaban J connectivity index is 2.33. The van der Waals surface area contributed by atoms with Gasteiger partial charge in [-0.1, -0.05) is 0 Å². The Labute approximate surface area is 117 Å². The molecule has 110 valence electrons. The Hall–Kier alpha value is -0.990. The summed E-state index contributed by atoms with van der Waals surface area (Å²) in [5, 5.41) is 13.3. The van der Waals surface area contributed by atoms with Crippen LogP contribution in [0.5, 0.6) is 0 Å². The van der Waals surface area contributed by atoms with Crippen molar-refractivity contribution in [3.8, 4) is 0 Å². The molecule has 8 heteroatoms. The van der Waals surface area contributed by atoms with Crippen molar-refractivity contribution in [3.63, 3.8) is 0 Å². The van der Waals surface area contributed by atoms with Crippen molar-refractivity contribution in [1.29, 1.82) is 0 Å². The summed E-state index contributed by atoms with van der Waals surface area (Å²) in [5.41, 5.74) is 2.69. The lowest BCUT2D eigenvalue weighted by Gasteiger charge is -2.32. The highest BCUT2D eigenvalue weighted by molar-refractivity contribution is 7.98. The number of carboxylic acids is 1. The van der Waals surface area contributed by atoms with Gasteiger partial charge in [0.25, 0.3) is 0 Å². The van der Waals surface area contributed by atoms with Crippen LogP contribution in [-0.2, 0) is 4.79 Å². The van der Waals surface area contributed by atoms with Gasteiger partial charge in [0, 0.05) is 26.2 Å². The lowest BCUT2D eigenvalue weighted by atomic mass is 10.2. The summed E-state index contributed by atoms with van der Waals surface area (Å²) < 4.78 is 0. The van der Waals surface area contributed by atoms with Crippen LogP contribution in [0.3, 0.4) is 0 Å². The number of hydrogen-bond acceptors (Lipinski definition) is 5. The Morgan fingerprint density at radius 1 is 1.32 bits per heavy atom. The van der Waals surface area contributed by atoms with Crippen LogP contribution in [-0.4, -0.2) is 78.3 Å². The van der Waals surface area contributed by atoms with Gasteiger partial charge in [-0.15, -0.1) is 0 Å². The molecule has 2 amide bonds. The Bertz CT molecular complexity index is 308. The molecule has 3 N–H and O–H groups in total. The zero-order chi connectivity index (χ0) is 14.3. The number of likely N-dealkylation sites (N-methyl/N-ethyl adjacent to an activating group) is 1. The van der Waals surface area contributed by atoms with Crippen LogP contribution in [0.4, 0.5) is 4.79 Å². The normalized spacial score (nSPS) is 18.8. The number of piperazine rings is 1. The van der Waals surface area contributed by atoms with Gasteiger partial charge in [-0.05, 0) is 25.5 Å². The molecule has 0 aromatic heterocycles. The van der Waals surface area contributed by atoms with Crippen molar-refractivity contribution in [2.24, 2.45) is 0 Å². The number of rotatable bonds is 6. The highest BCUT2D eigenvalue weighted by Crippen LogP contribution is 2.01. The maximum absolute atomic E-state index is 11.7. The molecule has 0 bridgehead atoms. The minimum absolute atomic E-state index is 0.423. The lowest BCUT2D eigenvalue weighted by molar-refractivity contribution is -0.139. The van der Waals surface area contributed by atoms with E-state index >= 15 is 0 Å². The van der Waals surface area contributed by atoms with Crippen LogP contribution in [0.2, 0.25) is 0 Å². The number of hydrogen-bond donors (Lipinski definition) is 3. The van der Waals surface area contributed by atoms with Gasteiger partial charge in [0.1, 0.15) is 6.04 Å². The average molecular weight is 290 g/mol. The first kappa shape index (κ1) is 16.1. The average Bonchev–Trinajstić information content (AvgIpc) is 2.37. The van der Waals surface area contributed by atoms with Gasteiger partial charge in [-0.25, -0.2) is 14.6 Å². The highest BCUT2D eigenvalue weighted by Gasteiger charge is 2.21. The molecule has 1 saturated heterocycles. The molecule has 1 rings (SSSR count). The van der Waals surface area contributed by atoms with E-state index in [1.54, 1.807) is 11.8 Å². The van der Waals surface area contributed by atoms with Gasteiger partial charge in [-0.2, -0.15) is 11.8 Å². The molecule has 1 aliphatic heterocycles. The third kappa shape index (κ3) is 6.13. The van der Waals surface area contributed by atoms with Gasteiger partial charge in [0.2, 0.25) is 0 Å². The number of carbonyl (C=O) groups excluding carboxylic acids is 1. The molecule has 1 fully saturated rings. The van der Waals surface area contributed by atoms with E-state index in [-0.39, 0.29) is 0 Å². The van der Waals surface area contributed by atoms with E-state index < -0.39 is 18.0 Å². The number of hydrazine groups is 1. The van der Waals surface area contributed by atoms with Gasteiger partial charge in [0.15, 0.2) is 0 Å². The molecule has 1 aliphatic rings. The Morgan fingerprint density at radius 2 is 1.95 bits per heavy atom. The number of nitrogens with one attached hydrogen (secondary N) is 2. The van der Waals surface area contributed by atoms with E-state index in [0.717, 1.165) is 26.2 Å². The van der Waals surface area contributed by atoms with Crippen LogP contribution in [0, 0.1) is 0 Å². The number of carbonyl (C=O) groups is 2. The topological polar surface area (TPSA) is 84.9 Å². The molecule has 0 aromatic rings. The van der Waals surface area contributed by atoms with Gasteiger partial charge < -0.3 is 15.3 Å². The third-order valence-corrected chi connectivity index (χ3v) is 3.62. The van der Waals surface area contributed by atoms with E-state index in [9.17, 15) is 9.59 Å². The van der Waals surface area contributed by atoms with Crippen LogP contribution < -0.4 is 10.7 Å². The fraction of sp³-hybridized carbons (Fsp3) is 0.818. The standard InChI is InChI=1S/C11H22N4O3S/c1-14-4-6-15(7-5-14)13-11(18)12-9(10(16)17)3-8-19-2/h9H,3-8H2,1-2H3,(H,16,17)(H2,12,13,18)/t9-/m1/s1. The van der Waals surface area contributed by atoms with Crippen LogP contribution in [0.25, 0.3) is 0 Å². The predicted octanol–water partition coefficient (Wildman–Crippen LogP) is -0.346. The first-order valence-electron chi connectivity index (χ1n) is 6.25. The third-order valence-electron chi connectivity index (χ3n) is 2.98. The van der Waals surface area contributed by atoms with Crippen molar-refractivity contribution < 1.29 is 14.7 Å². The second-order valence-electron chi connectivity index (χ2n) is 4.55. The van der Waals surface area contributed by atoms with E-state index in [4.69, 9.17) is 5.11 Å². The zero-order valence-electron chi connectivity index (χ0n) is 11.4. The quantitative estimate of drug-likeness (QED) is 0.620. The minimum atomic E-state index is -0.998. The number of amides is 2. The number of aliphatic carboxylic acids is 1. The first-order chi connectivity index (χ1) is 9.02. The fourth-order valence-electron chi connectivity index (χ4n) is 1.75. The van der Waals surface area contributed by atoms with E-state index in [1.807, 2.05) is 18.3 Å². The highest BCUT2D eigenvalue weighted by atomic mass is 32.2. The van der Waals surface area contributed by atoms with Crippen LogP contribution >= 0.6 is 11.8 Å². The summed E-state index contributed by atoms with van der Waals surface area (Å²) in [6, 6.07) is -1.28. The number of nitrogens with zero attached hydrogens (tertiary/aromatic N) is 2. The van der Waals surface area contributed by atoms with Crippen LogP contribution in [0.15, 0.2) is 0 Å². The number of urea groups is 1. The monoisotopic (exact) mass is 290 g/mol. The predicted molar refractivity (Wildman–Crippen MR) is 75.2 cm³/mol. The molecular formula is C11H22N4O3S. The second kappa shape index (κ2) is 8.23. The summed E-state index contributed by atoms with van der Waals surface area (Å²) in [4.78, 5) is 24.9. The molecule has 7 nitrogen and oxygen atoms in total. The molecule has 0 spiro atoms. The first-order valence-corrected chi connectivity index (χ1v) is 7.64. The van der Waals surface area contributed by atoms with Crippen molar-refractivity contribution >= 4 is 23.8 Å². The van der Waals surface area contributed by atoms with Crippen molar-refractivity contribution in [2.45, 2.75) is 12.5 Å². The Morgan fingerprint density at radius 3 is 2.47 bits per heavy atom. The molecule has 0 saturated carbocycles. The molecule has 1 atom stereocenters. The molecule has 0 aliphatic carbocycles. The second-order valence-corrected chi connectivity index (χ2v) is 5.53. The maximum Gasteiger partial charge on any atom is 0.330 e. The van der Waals surface area contributed by atoms with E-state index in [1.165, 1.54) is 0 Å². The molecule has 1 heterocycles. The minimum Gasteiger partial charge on any atom is -0.480 e. The number of thioether (sulfide) groups is 1. The summed E-state index contributed by atoms with van der Waals surface area (Å²) in [6.45, 7) is 3.25. The zero-order valence-corrected chi connectivity index (χ0v) is 12.2.